The largest absolute Gasteiger partial charge is 0.394 e. The van der Waals surface area contributed by atoms with Crippen molar-refractivity contribution in [2.45, 2.75) is 32.4 Å². The lowest BCUT2D eigenvalue weighted by Gasteiger charge is -2.22. The molecular weight excluding hydrogens is 198 g/mol. The van der Waals surface area contributed by atoms with Crippen LogP contribution in [0.4, 0.5) is 0 Å². The Kier molecular flexibility index (Phi) is 5.88. The summed E-state index contributed by atoms with van der Waals surface area (Å²) in [5.41, 5.74) is 10.4. The molecule has 6 nitrogen and oxygen atoms in total. The number of aliphatic hydroxyl groups excluding tert-OH is 1. The smallest absolute Gasteiger partial charge is 0.240 e. The first-order chi connectivity index (χ1) is 6.93. The molecule has 0 saturated heterocycles. The van der Waals surface area contributed by atoms with Crippen LogP contribution in [0.2, 0.25) is 0 Å². The van der Waals surface area contributed by atoms with Gasteiger partial charge in [0.2, 0.25) is 11.8 Å². The van der Waals surface area contributed by atoms with Gasteiger partial charge in [0.05, 0.1) is 6.61 Å². The summed E-state index contributed by atoms with van der Waals surface area (Å²) in [6.07, 6.45) is 0.711. The molecule has 15 heavy (non-hydrogen) atoms. The maximum atomic E-state index is 11.3. The molecule has 0 saturated carbocycles. The number of nitrogens with two attached hydrogens (primary N) is 2. The minimum Gasteiger partial charge on any atom is -0.394 e. The molecule has 0 aliphatic carbocycles. The number of carbonyl (C=O) groups is 2. The molecule has 0 unspecified atom stereocenters. The Morgan fingerprint density at radius 2 is 2.00 bits per heavy atom. The van der Waals surface area contributed by atoms with Crippen LogP contribution in [0, 0.1) is 5.92 Å². The van der Waals surface area contributed by atoms with Crippen LogP contribution in [-0.4, -0.2) is 35.6 Å². The predicted molar refractivity (Wildman–Crippen MR) is 55.6 cm³/mol. The SMILES string of the molecule is CC[C@@H](C)[C@H](NC(=O)[C@@H](N)CO)C(N)=O. The van der Waals surface area contributed by atoms with Crippen molar-refractivity contribution in [2.24, 2.45) is 17.4 Å². The molecule has 6 N–H and O–H groups in total. The van der Waals surface area contributed by atoms with Crippen LogP contribution < -0.4 is 16.8 Å². The molecule has 0 spiro atoms. The summed E-state index contributed by atoms with van der Waals surface area (Å²) in [7, 11) is 0. The van der Waals surface area contributed by atoms with Gasteiger partial charge in [-0.25, -0.2) is 0 Å². The first-order valence-corrected chi connectivity index (χ1v) is 4.90. The van der Waals surface area contributed by atoms with Crippen LogP contribution in [0.5, 0.6) is 0 Å². The molecule has 0 aliphatic rings. The van der Waals surface area contributed by atoms with Gasteiger partial charge in [-0.05, 0) is 5.92 Å². The molecule has 0 radical (unpaired) electrons. The highest BCUT2D eigenvalue weighted by Gasteiger charge is 2.25. The fraction of sp³-hybridized carbons (Fsp3) is 0.778. The number of hydrogen-bond acceptors (Lipinski definition) is 4. The van der Waals surface area contributed by atoms with E-state index in [1.54, 1.807) is 6.92 Å². The van der Waals surface area contributed by atoms with Gasteiger partial charge < -0.3 is 21.9 Å². The molecule has 6 heteroatoms. The molecule has 0 aliphatic heterocycles. The molecule has 0 aromatic carbocycles. The van der Waals surface area contributed by atoms with Gasteiger partial charge in [0.25, 0.3) is 0 Å². The van der Waals surface area contributed by atoms with Crippen LogP contribution >= 0.6 is 0 Å². The molecule has 0 fully saturated rings. The summed E-state index contributed by atoms with van der Waals surface area (Å²) >= 11 is 0. The zero-order valence-corrected chi connectivity index (χ0v) is 9.06. The molecule has 0 heterocycles. The third-order valence-corrected chi connectivity index (χ3v) is 2.35. The van der Waals surface area contributed by atoms with Gasteiger partial charge in [0.15, 0.2) is 0 Å². The predicted octanol–water partition coefficient (Wildman–Crippen LogP) is -1.68. The maximum Gasteiger partial charge on any atom is 0.240 e. The van der Waals surface area contributed by atoms with Crippen molar-refractivity contribution in [1.82, 2.24) is 5.32 Å². The Hall–Kier alpha value is -1.14. The van der Waals surface area contributed by atoms with E-state index in [2.05, 4.69) is 5.32 Å². The molecule has 0 aromatic rings. The number of primary amides is 1. The van der Waals surface area contributed by atoms with Gasteiger partial charge in [-0.3, -0.25) is 9.59 Å². The normalized spacial score (nSPS) is 16.5. The number of amides is 2. The van der Waals surface area contributed by atoms with Crippen molar-refractivity contribution < 1.29 is 14.7 Å². The lowest BCUT2D eigenvalue weighted by atomic mass is 9.98. The van der Waals surface area contributed by atoms with E-state index in [1.165, 1.54) is 0 Å². The van der Waals surface area contributed by atoms with Crippen molar-refractivity contribution in [3.63, 3.8) is 0 Å². The van der Waals surface area contributed by atoms with E-state index in [4.69, 9.17) is 16.6 Å². The zero-order chi connectivity index (χ0) is 12.0. The zero-order valence-electron chi connectivity index (χ0n) is 9.06. The van der Waals surface area contributed by atoms with Gasteiger partial charge >= 0.3 is 0 Å². The third kappa shape index (κ3) is 4.26. The molecule has 0 bridgehead atoms. The van der Waals surface area contributed by atoms with Crippen LogP contribution in [-0.2, 0) is 9.59 Å². The average molecular weight is 217 g/mol. The van der Waals surface area contributed by atoms with Crippen molar-refractivity contribution in [1.29, 1.82) is 0 Å². The third-order valence-electron chi connectivity index (χ3n) is 2.35. The Morgan fingerprint density at radius 3 is 2.33 bits per heavy atom. The molecule has 0 aromatic heterocycles. The Bertz CT molecular complexity index is 233. The highest BCUT2D eigenvalue weighted by atomic mass is 16.3. The molecular formula is C9H19N3O3. The highest BCUT2D eigenvalue weighted by molar-refractivity contribution is 5.89. The summed E-state index contributed by atoms with van der Waals surface area (Å²) in [5.74, 6) is -1.22. The average Bonchev–Trinajstić information content (AvgIpc) is 2.22. The molecule has 2 amide bonds. The highest BCUT2D eigenvalue weighted by Crippen LogP contribution is 2.07. The summed E-state index contributed by atoms with van der Waals surface area (Å²) in [5, 5.41) is 11.1. The maximum absolute atomic E-state index is 11.3. The fourth-order valence-electron chi connectivity index (χ4n) is 1.07. The number of nitrogens with one attached hydrogen (secondary N) is 1. The summed E-state index contributed by atoms with van der Waals surface area (Å²) in [4.78, 5) is 22.4. The minimum absolute atomic E-state index is 0.0580. The van der Waals surface area contributed by atoms with Gasteiger partial charge in [0, 0.05) is 0 Å². The van der Waals surface area contributed by atoms with Gasteiger partial charge in [0.1, 0.15) is 12.1 Å². The topological polar surface area (TPSA) is 118 Å². The summed E-state index contributed by atoms with van der Waals surface area (Å²) < 4.78 is 0. The Labute approximate surface area is 89.0 Å². The number of aliphatic hydroxyl groups is 1. The number of hydrogen-bond donors (Lipinski definition) is 4. The van der Waals surface area contributed by atoms with E-state index in [-0.39, 0.29) is 5.92 Å². The van der Waals surface area contributed by atoms with Gasteiger partial charge in [-0.15, -0.1) is 0 Å². The Morgan fingerprint density at radius 1 is 1.47 bits per heavy atom. The monoisotopic (exact) mass is 217 g/mol. The van der Waals surface area contributed by atoms with E-state index in [1.807, 2.05) is 6.92 Å². The van der Waals surface area contributed by atoms with Crippen molar-refractivity contribution in [3.05, 3.63) is 0 Å². The van der Waals surface area contributed by atoms with Crippen molar-refractivity contribution >= 4 is 11.8 Å². The quantitative estimate of drug-likeness (QED) is 0.425. The fourth-order valence-corrected chi connectivity index (χ4v) is 1.07. The van der Waals surface area contributed by atoms with E-state index in [0.717, 1.165) is 0 Å². The minimum atomic E-state index is -1.02. The second-order valence-electron chi connectivity index (χ2n) is 3.56. The van der Waals surface area contributed by atoms with Crippen molar-refractivity contribution in [2.75, 3.05) is 6.61 Å². The van der Waals surface area contributed by atoms with Crippen molar-refractivity contribution in [3.8, 4) is 0 Å². The van der Waals surface area contributed by atoms with Gasteiger partial charge in [-0.2, -0.15) is 0 Å². The molecule has 88 valence electrons. The van der Waals surface area contributed by atoms with Crippen LogP contribution in [0.25, 0.3) is 0 Å². The standard InChI is InChI=1S/C9H19N3O3/c1-3-5(2)7(8(11)14)12-9(15)6(10)4-13/h5-7,13H,3-4,10H2,1-2H3,(H2,11,14)(H,12,15)/t5-,6+,7+/m1/s1. The van der Waals surface area contributed by atoms with Crippen LogP contribution in [0.1, 0.15) is 20.3 Å². The van der Waals surface area contributed by atoms with E-state index >= 15 is 0 Å². The van der Waals surface area contributed by atoms with E-state index < -0.39 is 30.5 Å². The first kappa shape index (κ1) is 13.9. The lowest BCUT2D eigenvalue weighted by Crippen LogP contribution is -2.53. The number of carbonyl (C=O) groups excluding carboxylic acids is 2. The molecule has 0 rings (SSSR count). The number of rotatable bonds is 6. The van der Waals surface area contributed by atoms with Crippen LogP contribution in [0.15, 0.2) is 0 Å². The summed E-state index contributed by atoms with van der Waals surface area (Å²) in [6, 6.07) is -1.75. The van der Waals surface area contributed by atoms with Gasteiger partial charge in [-0.1, -0.05) is 20.3 Å². The van der Waals surface area contributed by atoms with E-state index in [9.17, 15) is 9.59 Å². The Balaban J connectivity index is 4.42. The van der Waals surface area contributed by atoms with Crippen LogP contribution in [0.3, 0.4) is 0 Å². The second-order valence-corrected chi connectivity index (χ2v) is 3.56. The molecule has 3 atom stereocenters. The lowest BCUT2D eigenvalue weighted by molar-refractivity contribution is -0.129. The second kappa shape index (κ2) is 6.36. The summed E-state index contributed by atoms with van der Waals surface area (Å²) in [6.45, 7) is 3.23. The first-order valence-electron chi connectivity index (χ1n) is 4.90. The van der Waals surface area contributed by atoms with E-state index in [0.29, 0.717) is 6.42 Å².